The predicted molar refractivity (Wildman–Crippen MR) is 41.8 cm³/mol. The van der Waals surface area contributed by atoms with Crippen molar-refractivity contribution in [2.45, 2.75) is 6.42 Å². The van der Waals surface area contributed by atoms with Crippen molar-refractivity contribution in [2.75, 3.05) is 32.7 Å². The molecule has 56 valence electrons. The molecule has 0 aromatic heterocycles. The molecule has 10 heavy (non-hydrogen) atoms. The Balaban J connectivity index is 2.11. The van der Waals surface area contributed by atoms with E-state index in [0.29, 0.717) is 0 Å². The van der Waals surface area contributed by atoms with E-state index >= 15 is 0 Å². The van der Waals surface area contributed by atoms with Gasteiger partial charge in [-0.2, -0.15) is 0 Å². The van der Waals surface area contributed by atoms with Crippen LogP contribution < -0.4 is 0 Å². The van der Waals surface area contributed by atoms with Crippen molar-refractivity contribution in [3.8, 4) is 0 Å². The average molecular weight is 138 g/mol. The highest BCUT2D eigenvalue weighted by Crippen LogP contribution is 2.06. The summed E-state index contributed by atoms with van der Waals surface area (Å²) in [6.45, 7) is 6.20. The Hall–Kier alpha value is -0.500. The molecular weight excluding hydrogens is 124 g/mol. The number of rotatable bonds is 0. The van der Waals surface area contributed by atoms with Crippen molar-refractivity contribution in [1.82, 2.24) is 9.80 Å². The van der Waals surface area contributed by atoms with E-state index in [-0.39, 0.29) is 0 Å². The Kier molecular flexibility index (Phi) is 1.63. The third-order valence-electron chi connectivity index (χ3n) is 2.30. The molecule has 0 aromatic rings. The Morgan fingerprint density at radius 3 is 3.00 bits per heavy atom. The minimum Gasteiger partial charge on any atom is -0.376 e. The fourth-order valence-corrected chi connectivity index (χ4v) is 1.67. The lowest BCUT2D eigenvalue weighted by molar-refractivity contribution is 0.322. The summed E-state index contributed by atoms with van der Waals surface area (Å²) in [5.41, 5.74) is 0. The van der Waals surface area contributed by atoms with Gasteiger partial charge in [-0.15, -0.1) is 0 Å². The maximum absolute atomic E-state index is 2.52. The zero-order valence-corrected chi connectivity index (χ0v) is 6.29. The zero-order chi connectivity index (χ0) is 6.81. The third kappa shape index (κ3) is 1.16. The molecule has 0 N–H and O–H groups in total. The molecule has 0 spiro atoms. The molecule has 0 amide bonds. The van der Waals surface area contributed by atoms with Crippen LogP contribution in [0.4, 0.5) is 0 Å². The van der Waals surface area contributed by atoms with E-state index in [4.69, 9.17) is 0 Å². The summed E-state index contributed by atoms with van der Waals surface area (Å²) in [4.78, 5) is 4.94. The quantitative estimate of drug-likeness (QED) is 0.481. The van der Waals surface area contributed by atoms with Crippen LogP contribution in [-0.4, -0.2) is 42.5 Å². The highest BCUT2D eigenvalue weighted by atomic mass is 15.2. The van der Waals surface area contributed by atoms with E-state index < -0.39 is 0 Å². The molecule has 2 aliphatic rings. The molecule has 1 unspecified atom stereocenters. The van der Waals surface area contributed by atoms with Crippen molar-refractivity contribution in [1.29, 1.82) is 0 Å². The van der Waals surface area contributed by atoms with Crippen molar-refractivity contribution in [2.24, 2.45) is 0 Å². The molecule has 1 atom stereocenters. The monoisotopic (exact) mass is 138 g/mol. The van der Waals surface area contributed by atoms with Gasteiger partial charge in [-0.3, -0.25) is 4.90 Å². The summed E-state index contributed by atoms with van der Waals surface area (Å²) in [6.07, 6.45) is 5.86. The van der Waals surface area contributed by atoms with Crippen molar-refractivity contribution in [3.63, 3.8) is 0 Å². The molecule has 1 fully saturated rings. The summed E-state index contributed by atoms with van der Waals surface area (Å²) >= 11 is 0. The molecule has 2 heteroatoms. The summed E-state index contributed by atoms with van der Waals surface area (Å²) in [6, 6.07) is 0. The molecule has 2 aliphatic heterocycles. The topological polar surface area (TPSA) is 6.48 Å². The normalized spacial score (nSPS) is 32.0. The second-order valence-electron chi connectivity index (χ2n) is 3.07. The van der Waals surface area contributed by atoms with Gasteiger partial charge in [0.15, 0.2) is 0 Å². The van der Waals surface area contributed by atoms with E-state index in [1.807, 2.05) is 0 Å². The Morgan fingerprint density at radius 2 is 2.00 bits per heavy atom. The molecule has 2 bridgehead atoms. The van der Waals surface area contributed by atoms with Gasteiger partial charge in [-0.1, -0.05) is 6.08 Å². The van der Waals surface area contributed by atoms with Gasteiger partial charge in [0.05, 0.1) is 0 Å². The largest absolute Gasteiger partial charge is 0.376 e. The maximum atomic E-state index is 2.52. The van der Waals surface area contributed by atoms with E-state index in [9.17, 15) is 0 Å². The van der Waals surface area contributed by atoms with Gasteiger partial charge in [0.2, 0.25) is 0 Å². The lowest BCUT2D eigenvalue weighted by Crippen LogP contribution is -2.26. The van der Waals surface area contributed by atoms with Crippen LogP contribution in [-0.2, 0) is 0 Å². The fourth-order valence-electron chi connectivity index (χ4n) is 1.67. The highest BCUT2D eigenvalue weighted by molar-refractivity contribution is 4.91. The lowest BCUT2D eigenvalue weighted by Gasteiger charge is -2.15. The van der Waals surface area contributed by atoms with Gasteiger partial charge in [0.1, 0.15) is 0 Å². The van der Waals surface area contributed by atoms with Gasteiger partial charge in [0.25, 0.3) is 0 Å². The molecule has 2 heterocycles. The number of fused-ring (bicyclic) bond motifs is 3. The van der Waals surface area contributed by atoms with Gasteiger partial charge in [0, 0.05) is 32.7 Å². The highest BCUT2D eigenvalue weighted by Gasteiger charge is 2.13. The molecule has 1 saturated heterocycles. The molecule has 0 aromatic carbocycles. The summed E-state index contributed by atoms with van der Waals surface area (Å²) in [5.74, 6) is 0. The van der Waals surface area contributed by atoms with Crippen LogP contribution in [0.5, 0.6) is 0 Å². The predicted octanol–water partition coefficient (Wildman–Crippen LogP) is 0.521. The van der Waals surface area contributed by atoms with Crippen LogP contribution in [0.3, 0.4) is 0 Å². The number of hydrogen-bond acceptors (Lipinski definition) is 2. The molecule has 2 rings (SSSR count). The third-order valence-corrected chi connectivity index (χ3v) is 2.30. The second kappa shape index (κ2) is 2.62. The van der Waals surface area contributed by atoms with E-state index in [1.54, 1.807) is 0 Å². The van der Waals surface area contributed by atoms with Crippen molar-refractivity contribution in [3.05, 3.63) is 12.3 Å². The van der Waals surface area contributed by atoms with Crippen LogP contribution in [0.2, 0.25) is 0 Å². The van der Waals surface area contributed by atoms with E-state index in [2.05, 4.69) is 22.1 Å². The second-order valence-corrected chi connectivity index (χ2v) is 3.07. The van der Waals surface area contributed by atoms with Gasteiger partial charge < -0.3 is 4.90 Å². The van der Waals surface area contributed by atoms with Crippen LogP contribution >= 0.6 is 0 Å². The number of nitrogens with zero attached hydrogens (tertiary/aromatic N) is 2. The molecule has 0 radical (unpaired) electrons. The van der Waals surface area contributed by atoms with Crippen LogP contribution in [0.15, 0.2) is 12.3 Å². The number of hydrogen-bond donors (Lipinski definition) is 0. The van der Waals surface area contributed by atoms with E-state index in [0.717, 1.165) is 6.54 Å². The molecular formula is C8H14N2. The minimum atomic E-state index is 1.16. The molecule has 2 nitrogen and oxygen atoms in total. The van der Waals surface area contributed by atoms with Crippen LogP contribution in [0, 0.1) is 0 Å². The molecule has 0 aliphatic carbocycles. The van der Waals surface area contributed by atoms with Crippen molar-refractivity contribution >= 4 is 0 Å². The smallest absolute Gasteiger partial charge is 0.0300 e. The van der Waals surface area contributed by atoms with Crippen LogP contribution in [0.1, 0.15) is 6.42 Å². The Morgan fingerprint density at radius 1 is 1.00 bits per heavy atom. The van der Waals surface area contributed by atoms with Gasteiger partial charge in [-0.25, -0.2) is 0 Å². The van der Waals surface area contributed by atoms with E-state index in [1.165, 1.54) is 32.6 Å². The first-order valence-corrected chi connectivity index (χ1v) is 4.08. The fraction of sp³-hybridized carbons (Fsp3) is 0.750. The lowest BCUT2D eigenvalue weighted by atomic mass is 10.3. The minimum absolute atomic E-state index is 1.16. The summed E-state index contributed by atoms with van der Waals surface area (Å²) < 4.78 is 0. The van der Waals surface area contributed by atoms with Crippen molar-refractivity contribution < 1.29 is 0 Å². The zero-order valence-electron chi connectivity index (χ0n) is 6.29. The molecule has 0 saturated carbocycles. The average Bonchev–Trinajstić information content (AvgIpc) is 2.17. The van der Waals surface area contributed by atoms with Crippen LogP contribution in [0.25, 0.3) is 0 Å². The first-order chi connectivity index (χ1) is 4.95. The summed E-state index contributed by atoms with van der Waals surface area (Å²) in [7, 11) is 0. The first kappa shape index (κ1) is 6.23. The Labute approximate surface area is 62.1 Å². The van der Waals surface area contributed by atoms with Gasteiger partial charge in [-0.05, 0) is 12.6 Å². The summed E-state index contributed by atoms with van der Waals surface area (Å²) in [5, 5.41) is 0. The maximum Gasteiger partial charge on any atom is 0.0300 e. The first-order valence-electron chi connectivity index (χ1n) is 4.08. The van der Waals surface area contributed by atoms with Gasteiger partial charge >= 0.3 is 0 Å². The SMILES string of the molecule is C1=CN2CCCN(C1)CC2. The standard InChI is InChI=1S/C8H14N2/c1-3-9-5-2-6-10(4-1)8-7-9/h1,3H,2,4-8H2. The Bertz CT molecular complexity index is 142.